The molecule has 116 valence electrons. The van der Waals surface area contributed by atoms with E-state index in [1.807, 2.05) is 42.9 Å². The highest BCUT2D eigenvalue weighted by atomic mass is 15.1. The molecule has 1 N–H and O–H groups in total. The fraction of sp³-hybridized carbons (Fsp3) is 0.111. The van der Waals surface area contributed by atoms with Crippen molar-refractivity contribution >= 4 is 11.0 Å². The summed E-state index contributed by atoms with van der Waals surface area (Å²) < 4.78 is 2.07. The fourth-order valence-electron chi connectivity index (χ4n) is 2.69. The number of aromatic amines is 1. The highest BCUT2D eigenvalue weighted by Crippen LogP contribution is 2.13. The molecule has 4 rings (SSSR count). The van der Waals surface area contributed by atoms with Crippen LogP contribution in [0.25, 0.3) is 11.0 Å². The molecule has 0 unspecified atom stereocenters. The van der Waals surface area contributed by atoms with Crippen LogP contribution in [0.5, 0.6) is 0 Å². The van der Waals surface area contributed by atoms with Crippen LogP contribution in [0.2, 0.25) is 0 Å². The van der Waals surface area contributed by atoms with Gasteiger partial charge in [0.1, 0.15) is 11.3 Å². The van der Waals surface area contributed by atoms with Crippen LogP contribution in [0, 0.1) is 11.3 Å². The first-order chi connectivity index (χ1) is 11.8. The number of nitrogens with one attached hydrogen (secondary N) is 1. The maximum atomic E-state index is 8.84. The average Bonchev–Trinajstić information content (AvgIpc) is 3.23. The van der Waals surface area contributed by atoms with Gasteiger partial charge in [0.15, 0.2) is 0 Å². The number of rotatable bonds is 4. The lowest BCUT2D eigenvalue weighted by atomic mass is 10.1. The van der Waals surface area contributed by atoms with Crippen LogP contribution in [0.3, 0.4) is 0 Å². The molecule has 6 nitrogen and oxygen atoms in total. The van der Waals surface area contributed by atoms with Crippen LogP contribution < -0.4 is 0 Å². The molecular formula is C18H14N6. The van der Waals surface area contributed by atoms with Gasteiger partial charge in [0.05, 0.1) is 48.1 Å². The largest absolute Gasteiger partial charge is 0.344 e. The van der Waals surface area contributed by atoms with E-state index in [1.54, 1.807) is 12.4 Å². The Morgan fingerprint density at radius 3 is 2.79 bits per heavy atom. The normalized spacial score (nSPS) is 10.8. The van der Waals surface area contributed by atoms with E-state index in [-0.39, 0.29) is 0 Å². The number of nitriles is 1. The summed E-state index contributed by atoms with van der Waals surface area (Å²) in [5, 5.41) is 8.84. The van der Waals surface area contributed by atoms with Crippen molar-refractivity contribution in [2.75, 3.05) is 0 Å². The Morgan fingerprint density at radius 1 is 1.08 bits per heavy atom. The van der Waals surface area contributed by atoms with E-state index in [9.17, 15) is 0 Å². The highest BCUT2D eigenvalue weighted by molar-refractivity contribution is 5.73. The molecule has 0 atom stereocenters. The quantitative estimate of drug-likeness (QED) is 0.627. The minimum Gasteiger partial charge on any atom is -0.344 e. The minimum absolute atomic E-state index is 0.667. The Balaban J connectivity index is 1.51. The lowest BCUT2D eigenvalue weighted by molar-refractivity contribution is 0.799. The van der Waals surface area contributed by atoms with Gasteiger partial charge in [-0.3, -0.25) is 4.98 Å². The third kappa shape index (κ3) is 2.75. The van der Waals surface area contributed by atoms with Crippen LogP contribution in [0.1, 0.15) is 22.6 Å². The summed E-state index contributed by atoms with van der Waals surface area (Å²) in [7, 11) is 0. The number of pyridine rings is 1. The molecule has 0 spiro atoms. The number of hydrogen-bond donors (Lipinski definition) is 1. The first-order valence-corrected chi connectivity index (χ1v) is 7.58. The number of hydrogen-bond acceptors (Lipinski definition) is 4. The zero-order valence-electron chi connectivity index (χ0n) is 12.8. The van der Waals surface area contributed by atoms with Crippen molar-refractivity contribution in [3.8, 4) is 6.07 Å². The molecule has 0 aliphatic carbocycles. The standard InChI is InChI=1S/C18H14N6/c19-8-14-3-1-13(2-4-14)7-18-21-9-15(23-18)11-24-12-22-16-10-20-6-5-17(16)24/h1-6,9-10,12H,7,11H2,(H,21,23). The lowest BCUT2D eigenvalue weighted by Gasteiger charge is -2.02. The zero-order chi connectivity index (χ0) is 16.4. The van der Waals surface area contributed by atoms with Crippen molar-refractivity contribution in [3.63, 3.8) is 0 Å². The molecule has 0 bridgehead atoms. The number of nitrogens with zero attached hydrogens (tertiary/aromatic N) is 5. The van der Waals surface area contributed by atoms with Gasteiger partial charge in [-0.2, -0.15) is 5.26 Å². The molecule has 3 aromatic heterocycles. The van der Waals surface area contributed by atoms with Crippen LogP contribution in [-0.2, 0) is 13.0 Å². The van der Waals surface area contributed by atoms with E-state index in [4.69, 9.17) is 5.26 Å². The van der Waals surface area contributed by atoms with Crippen LogP contribution in [-0.4, -0.2) is 24.5 Å². The number of fused-ring (bicyclic) bond motifs is 1. The minimum atomic E-state index is 0.667. The molecule has 0 aliphatic rings. The smallest absolute Gasteiger partial charge is 0.110 e. The summed E-state index contributed by atoms with van der Waals surface area (Å²) >= 11 is 0. The molecule has 0 saturated carbocycles. The second-order valence-electron chi connectivity index (χ2n) is 5.58. The highest BCUT2D eigenvalue weighted by Gasteiger charge is 2.06. The predicted molar refractivity (Wildman–Crippen MR) is 89.2 cm³/mol. The zero-order valence-corrected chi connectivity index (χ0v) is 12.8. The van der Waals surface area contributed by atoms with Gasteiger partial charge in [-0.15, -0.1) is 0 Å². The monoisotopic (exact) mass is 314 g/mol. The molecule has 24 heavy (non-hydrogen) atoms. The Hall–Kier alpha value is -3.46. The van der Waals surface area contributed by atoms with Gasteiger partial charge < -0.3 is 9.55 Å². The molecule has 0 fully saturated rings. The van der Waals surface area contributed by atoms with E-state index in [2.05, 4.69) is 30.6 Å². The van der Waals surface area contributed by atoms with Crippen LogP contribution >= 0.6 is 0 Å². The summed E-state index contributed by atoms with van der Waals surface area (Å²) in [6.07, 6.45) is 7.90. The topological polar surface area (TPSA) is 83.2 Å². The molecular weight excluding hydrogens is 300 g/mol. The summed E-state index contributed by atoms with van der Waals surface area (Å²) in [6, 6.07) is 11.6. The van der Waals surface area contributed by atoms with Gasteiger partial charge in [-0.1, -0.05) is 12.1 Å². The molecule has 6 heteroatoms. The molecule has 1 aromatic carbocycles. The summed E-state index contributed by atoms with van der Waals surface area (Å²) in [4.78, 5) is 16.2. The number of H-pyrrole nitrogens is 1. The SMILES string of the molecule is N#Cc1ccc(Cc2ncc(Cn3cnc4cnccc43)[nH]2)cc1. The van der Waals surface area contributed by atoms with E-state index in [0.29, 0.717) is 18.5 Å². The predicted octanol–water partition coefficient (Wildman–Crippen LogP) is 2.67. The van der Waals surface area contributed by atoms with E-state index >= 15 is 0 Å². The van der Waals surface area contributed by atoms with Gasteiger partial charge in [0.2, 0.25) is 0 Å². The van der Waals surface area contributed by atoms with Crippen molar-refractivity contribution in [2.24, 2.45) is 0 Å². The van der Waals surface area contributed by atoms with Crippen molar-refractivity contribution in [1.29, 1.82) is 5.26 Å². The van der Waals surface area contributed by atoms with Gasteiger partial charge in [-0.05, 0) is 23.8 Å². The maximum absolute atomic E-state index is 8.84. The van der Waals surface area contributed by atoms with Crippen molar-refractivity contribution in [3.05, 3.63) is 77.9 Å². The number of imidazole rings is 2. The molecule has 0 aliphatic heterocycles. The van der Waals surface area contributed by atoms with Crippen molar-refractivity contribution < 1.29 is 0 Å². The molecule has 3 heterocycles. The molecule has 0 radical (unpaired) electrons. The van der Waals surface area contributed by atoms with E-state index in [1.165, 1.54) is 0 Å². The molecule has 0 amide bonds. The van der Waals surface area contributed by atoms with E-state index in [0.717, 1.165) is 28.1 Å². The lowest BCUT2D eigenvalue weighted by Crippen LogP contribution is -1.99. The molecule has 4 aromatic rings. The maximum Gasteiger partial charge on any atom is 0.110 e. The van der Waals surface area contributed by atoms with Gasteiger partial charge in [0.25, 0.3) is 0 Å². The van der Waals surface area contributed by atoms with E-state index < -0.39 is 0 Å². The van der Waals surface area contributed by atoms with Crippen LogP contribution in [0.15, 0.2) is 55.2 Å². The second kappa shape index (κ2) is 5.97. The Morgan fingerprint density at radius 2 is 1.96 bits per heavy atom. The number of aromatic nitrogens is 5. The fourth-order valence-corrected chi connectivity index (χ4v) is 2.69. The summed E-state index contributed by atoms with van der Waals surface area (Å²) in [5.41, 5.74) is 4.74. The second-order valence-corrected chi connectivity index (χ2v) is 5.58. The summed E-state index contributed by atoms with van der Waals surface area (Å²) in [6.45, 7) is 0.681. The van der Waals surface area contributed by atoms with Crippen molar-refractivity contribution in [1.82, 2.24) is 24.5 Å². The summed E-state index contributed by atoms with van der Waals surface area (Å²) in [5.74, 6) is 0.904. The Labute approximate surface area is 138 Å². The first-order valence-electron chi connectivity index (χ1n) is 7.58. The number of benzene rings is 1. The molecule has 0 saturated heterocycles. The Bertz CT molecular complexity index is 1020. The average molecular weight is 314 g/mol. The van der Waals surface area contributed by atoms with Crippen LogP contribution in [0.4, 0.5) is 0 Å². The van der Waals surface area contributed by atoms with Gasteiger partial charge in [-0.25, -0.2) is 9.97 Å². The van der Waals surface area contributed by atoms with Gasteiger partial charge >= 0.3 is 0 Å². The van der Waals surface area contributed by atoms with Gasteiger partial charge in [0, 0.05) is 12.6 Å². The third-order valence-corrected chi connectivity index (χ3v) is 3.90. The Kier molecular flexibility index (Phi) is 3.52. The first kappa shape index (κ1) is 14.2. The van der Waals surface area contributed by atoms with Crippen molar-refractivity contribution in [2.45, 2.75) is 13.0 Å². The third-order valence-electron chi connectivity index (χ3n) is 3.90.